The summed E-state index contributed by atoms with van der Waals surface area (Å²) < 4.78 is 1.85. The monoisotopic (exact) mass is 277 g/mol. The van der Waals surface area contributed by atoms with Crippen LogP contribution in [0.2, 0.25) is 5.02 Å². The molecule has 1 aromatic heterocycles. The Hall–Kier alpha value is -1.32. The Kier molecular flexibility index (Phi) is 5.00. The Labute approximate surface area is 119 Å². The van der Waals surface area contributed by atoms with Crippen molar-refractivity contribution in [1.29, 1.82) is 0 Å². The first-order chi connectivity index (χ1) is 9.15. The van der Waals surface area contributed by atoms with Gasteiger partial charge in [-0.1, -0.05) is 23.7 Å². The van der Waals surface area contributed by atoms with Gasteiger partial charge in [0.05, 0.1) is 6.20 Å². The first-order valence-electron chi connectivity index (χ1n) is 6.61. The molecule has 0 amide bonds. The van der Waals surface area contributed by atoms with Crippen LogP contribution in [0.3, 0.4) is 0 Å². The fourth-order valence-corrected chi connectivity index (χ4v) is 2.21. The van der Waals surface area contributed by atoms with E-state index < -0.39 is 0 Å². The largest absolute Gasteiger partial charge is 0.310 e. The minimum absolute atomic E-state index is 0.353. The highest BCUT2D eigenvalue weighted by atomic mass is 35.5. The zero-order valence-corrected chi connectivity index (χ0v) is 12.2. The Bertz CT molecular complexity index is 504. The van der Waals surface area contributed by atoms with E-state index in [9.17, 15) is 0 Å². The minimum atomic E-state index is 0.353. The molecule has 4 heteroatoms. The van der Waals surface area contributed by atoms with Crippen LogP contribution in [0, 0.1) is 0 Å². The lowest BCUT2D eigenvalue weighted by Crippen LogP contribution is -2.20. The van der Waals surface area contributed by atoms with Crippen molar-refractivity contribution in [2.24, 2.45) is 7.05 Å². The van der Waals surface area contributed by atoms with Gasteiger partial charge in [-0.25, -0.2) is 0 Å². The highest BCUT2D eigenvalue weighted by Gasteiger charge is 2.04. The molecule has 0 bridgehead atoms. The number of hydrogen-bond donors (Lipinski definition) is 1. The lowest BCUT2D eigenvalue weighted by Gasteiger charge is -2.14. The van der Waals surface area contributed by atoms with Crippen LogP contribution < -0.4 is 5.32 Å². The SMILES string of the molecule is C[C@@H](NCCCc1cnn(C)c1)c1ccc(Cl)cc1. The summed E-state index contributed by atoms with van der Waals surface area (Å²) in [5, 5.41) is 8.48. The molecule has 0 radical (unpaired) electrons. The summed E-state index contributed by atoms with van der Waals surface area (Å²) in [5.74, 6) is 0. The quantitative estimate of drug-likeness (QED) is 0.821. The first kappa shape index (κ1) is 14.1. The molecule has 2 aromatic rings. The van der Waals surface area contributed by atoms with Crippen LogP contribution in [0.1, 0.15) is 30.5 Å². The maximum Gasteiger partial charge on any atom is 0.0521 e. The third-order valence-corrected chi connectivity index (χ3v) is 3.47. The number of benzene rings is 1. The second-order valence-electron chi connectivity index (χ2n) is 4.85. The summed E-state index contributed by atoms with van der Waals surface area (Å²) in [6, 6.07) is 8.36. The molecule has 0 fully saturated rings. The molecule has 1 atom stereocenters. The summed E-state index contributed by atoms with van der Waals surface area (Å²) in [5.41, 5.74) is 2.56. The molecular formula is C15H20ClN3. The van der Waals surface area contributed by atoms with Gasteiger partial charge in [-0.05, 0) is 49.6 Å². The Morgan fingerprint density at radius 3 is 2.68 bits per heavy atom. The van der Waals surface area contributed by atoms with E-state index in [0.29, 0.717) is 6.04 Å². The summed E-state index contributed by atoms with van der Waals surface area (Å²) in [6.07, 6.45) is 6.18. The second kappa shape index (κ2) is 6.73. The van der Waals surface area contributed by atoms with E-state index in [1.54, 1.807) is 0 Å². The van der Waals surface area contributed by atoms with Crippen LogP contribution in [-0.4, -0.2) is 16.3 Å². The number of nitrogens with one attached hydrogen (secondary N) is 1. The molecular weight excluding hydrogens is 258 g/mol. The molecule has 1 aromatic carbocycles. The molecule has 0 aliphatic rings. The number of hydrogen-bond acceptors (Lipinski definition) is 2. The van der Waals surface area contributed by atoms with Crippen molar-refractivity contribution in [2.75, 3.05) is 6.54 Å². The molecule has 19 heavy (non-hydrogen) atoms. The second-order valence-corrected chi connectivity index (χ2v) is 5.29. The average Bonchev–Trinajstić information content (AvgIpc) is 2.81. The zero-order valence-electron chi connectivity index (χ0n) is 11.4. The van der Waals surface area contributed by atoms with Gasteiger partial charge < -0.3 is 5.32 Å². The normalized spacial score (nSPS) is 12.6. The van der Waals surface area contributed by atoms with Gasteiger partial charge in [0.15, 0.2) is 0 Å². The van der Waals surface area contributed by atoms with E-state index in [1.807, 2.05) is 30.1 Å². The van der Waals surface area contributed by atoms with E-state index in [1.165, 1.54) is 11.1 Å². The van der Waals surface area contributed by atoms with E-state index in [0.717, 1.165) is 24.4 Å². The number of aromatic nitrogens is 2. The predicted octanol–water partition coefficient (Wildman–Crippen LogP) is 3.36. The fraction of sp³-hybridized carbons (Fsp3) is 0.400. The summed E-state index contributed by atoms with van der Waals surface area (Å²) in [7, 11) is 1.95. The van der Waals surface area contributed by atoms with Gasteiger partial charge in [0, 0.05) is 24.3 Å². The van der Waals surface area contributed by atoms with Crippen LogP contribution >= 0.6 is 11.6 Å². The number of nitrogens with zero attached hydrogens (tertiary/aromatic N) is 2. The lowest BCUT2D eigenvalue weighted by atomic mass is 10.1. The topological polar surface area (TPSA) is 29.9 Å². The van der Waals surface area contributed by atoms with Gasteiger partial charge in [-0.15, -0.1) is 0 Å². The van der Waals surface area contributed by atoms with Gasteiger partial charge in [-0.3, -0.25) is 4.68 Å². The van der Waals surface area contributed by atoms with Gasteiger partial charge in [0.1, 0.15) is 0 Å². The molecule has 0 aliphatic carbocycles. The Morgan fingerprint density at radius 2 is 2.05 bits per heavy atom. The summed E-state index contributed by atoms with van der Waals surface area (Å²) >= 11 is 5.88. The lowest BCUT2D eigenvalue weighted by molar-refractivity contribution is 0.558. The number of aryl methyl sites for hydroxylation is 2. The molecule has 102 valence electrons. The third kappa shape index (κ3) is 4.37. The Morgan fingerprint density at radius 1 is 1.32 bits per heavy atom. The van der Waals surface area contributed by atoms with Crippen molar-refractivity contribution in [2.45, 2.75) is 25.8 Å². The van der Waals surface area contributed by atoms with Crippen molar-refractivity contribution in [3.8, 4) is 0 Å². The summed E-state index contributed by atoms with van der Waals surface area (Å²) in [4.78, 5) is 0. The molecule has 0 aliphatic heterocycles. The molecule has 2 rings (SSSR count). The first-order valence-corrected chi connectivity index (χ1v) is 6.99. The van der Waals surface area contributed by atoms with Crippen LogP contribution in [0.15, 0.2) is 36.7 Å². The van der Waals surface area contributed by atoms with Crippen LogP contribution in [-0.2, 0) is 13.5 Å². The summed E-state index contributed by atoms with van der Waals surface area (Å²) in [6.45, 7) is 3.17. The maximum atomic E-state index is 5.88. The molecule has 1 N–H and O–H groups in total. The highest BCUT2D eigenvalue weighted by molar-refractivity contribution is 6.30. The van der Waals surface area contributed by atoms with Gasteiger partial charge >= 0.3 is 0 Å². The van der Waals surface area contributed by atoms with Gasteiger partial charge in [0.25, 0.3) is 0 Å². The molecule has 1 heterocycles. The molecule has 3 nitrogen and oxygen atoms in total. The Balaban J connectivity index is 1.72. The molecule has 0 saturated heterocycles. The van der Waals surface area contributed by atoms with Gasteiger partial charge in [-0.2, -0.15) is 5.10 Å². The van der Waals surface area contributed by atoms with Crippen molar-refractivity contribution < 1.29 is 0 Å². The van der Waals surface area contributed by atoms with E-state index in [4.69, 9.17) is 11.6 Å². The minimum Gasteiger partial charge on any atom is -0.310 e. The number of rotatable bonds is 6. The molecule has 0 spiro atoms. The number of halogens is 1. The van der Waals surface area contributed by atoms with Crippen molar-refractivity contribution in [3.05, 3.63) is 52.8 Å². The fourth-order valence-electron chi connectivity index (χ4n) is 2.08. The van der Waals surface area contributed by atoms with E-state index in [2.05, 4.69) is 35.7 Å². The van der Waals surface area contributed by atoms with Crippen LogP contribution in [0.25, 0.3) is 0 Å². The third-order valence-electron chi connectivity index (χ3n) is 3.22. The predicted molar refractivity (Wildman–Crippen MR) is 79.4 cm³/mol. The molecule has 0 unspecified atom stereocenters. The van der Waals surface area contributed by atoms with Gasteiger partial charge in [0.2, 0.25) is 0 Å². The zero-order chi connectivity index (χ0) is 13.7. The van der Waals surface area contributed by atoms with Crippen LogP contribution in [0.5, 0.6) is 0 Å². The smallest absolute Gasteiger partial charge is 0.0521 e. The maximum absolute atomic E-state index is 5.88. The molecule has 0 saturated carbocycles. The van der Waals surface area contributed by atoms with Crippen LogP contribution in [0.4, 0.5) is 0 Å². The average molecular weight is 278 g/mol. The standard InChI is InChI=1S/C15H20ClN3/c1-12(14-5-7-15(16)8-6-14)17-9-3-4-13-10-18-19(2)11-13/h5-8,10-12,17H,3-4,9H2,1-2H3/t12-/m1/s1. The van der Waals surface area contributed by atoms with Crippen molar-refractivity contribution in [3.63, 3.8) is 0 Å². The van der Waals surface area contributed by atoms with E-state index >= 15 is 0 Å². The van der Waals surface area contributed by atoms with Crippen molar-refractivity contribution in [1.82, 2.24) is 15.1 Å². The van der Waals surface area contributed by atoms with E-state index in [-0.39, 0.29) is 0 Å². The highest BCUT2D eigenvalue weighted by Crippen LogP contribution is 2.15. The van der Waals surface area contributed by atoms with Crippen molar-refractivity contribution >= 4 is 11.6 Å².